The fourth-order valence-electron chi connectivity index (χ4n) is 5.91. The minimum Gasteiger partial charge on any atom is -0.374 e. The molecule has 1 unspecified atom stereocenters. The van der Waals surface area contributed by atoms with Crippen molar-refractivity contribution in [2.24, 2.45) is 23.2 Å². The molecule has 28 heavy (non-hydrogen) atoms. The minimum atomic E-state index is 0.461. The highest BCUT2D eigenvalue weighted by atomic mass is 16.5. The maximum Gasteiger partial charge on any atom is 0.0648 e. The van der Waals surface area contributed by atoms with Crippen molar-refractivity contribution < 1.29 is 9.47 Å². The fourth-order valence-corrected chi connectivity index (χ4v) is 5.91. The lowest BCUT2D eigenvalue weighted by Gasteiger charge is -2.37. The van der Waals surface area contributed by atoms with Crippen LogP contribution in [0.3, 0.4) is 0 Å². The van der Waals surface area contributed by atoms with Crippen LogP contribution in [0.1, 0.15) is 91.4 Å². The Bertz CT molecular complexity index is 439. The largest absolute Gasteiger partial charge is 0.374 e. The highest BCUT2D eigenvalue weighted by Gasteiger charge is 2.30. The second-order valence-corrected chi connectivity index (χ2v) is 10.4. The van der Waals surface area contributed by atoms with Gasteiger partial charge in [0.1, 0.15) is 0 Å². The van der Waals surface area contributed by atoms with Gasteiger partial charge in [-0.25, -0.2) is 0 Å². The van der Waals surface area contributed by atoms with E-state index < -0.39 is 0 Å². The third-order valence-electron chi connectivity index (χ3n) is 6.97. The Kier molecular flexibility index (Phi) is 10.3. The number of hydrogen-bond acceptors (Lipinski definition) is 2. The van der Waals surface area contributed by atoms with Crippen LogP contribution in [-0.2, 0) is 9.47 Å². The first-order chi connectivity index (χ1) is 13.4. The van der Waals surface area contributed by atoms with E-state index in [0.717, 1.165) is 17.8 Å². The Balaban J connectivity index is 1.65. The van der Waals surface area contributed by atoms with Gasteiger partial charge in [-0.3, -0.25) is 0 Å². The van der Waals surface area contributed by atoms with Crippen LogP contribution in [0.15, 0.2) is 25.3 Å². The van der Waals surface area contributed by atoms with Gasteiger partial charge >= 0.3 is 0 Å². The van der Waals surface area contributed by atoms with E-state index in [9.17, 15) is 0 Å². The van der Waals surface area contributed by atoms with Gasteiger partial charge in [-0.2, -0.15) is 0 Å². The van der Waals surface area contributed by atoms with Gasteiger partial charge in [0.25, 0.3) is 0 Å². The minimum absolute atomic E-state index is 0.461. The fraction of sp³-hybridized carbons (Fsp3) is 0.846. The van der Waals surface area contributed by atoms with Gasteiger partial charge in [-0.15, -0.1) is 13.2 Å². The van der Waals surface area contributed by atoms with E-state index >= 15 is 0 Å². The second kappa shape index (κ2) is 12.2. The standard InChI is InChI=1S/C26H46O2/c1-6-16-27-24-12-8-22(9-13-24)18-21(3)19-26(4,5)20-23-10-14-25(15-11-23)28-17-7-2/h6-7,21-25H,1-2,8-20H2,3-5H3. The van der Waals surface area contributed by atoms with Gasteiger partial charge in [0, 0.05) is 0 Å². The summed E-state index contributed by atoms with van der Waals surface area (Å²) in [7, 11) is 0. The van der Waals surface area contributed by atoms with Gasteiger partial charge in [0.15, 0.2) is 0 Å². The Hall–Kier alpha value is -0.600. The van der Waals surface area contributed by atoms with Crippen LogP contribution in [0.5, 0.6) is 0 Å². The van der Waals surface area contributed by atoms with Crippen molar-refractivity contribution in [2.75, 3.05) is 13.2 Å². The number of rotatable bonds is 12. The number of ether oxygens (including phenoxy) is 2. The highest BCUT2D eigenvalue weighted by Crippen LogP contribution is 2.41. The van der Waals surface area contributed by atoms with E-state index in [0.29, 0.717) is 30.8 Å². The molecule has 162 valence electrons. The monoisotopic (exact) mass is 390 g/mol. The molecule has 0 N–H and O–H groups in total. The van der Waals surface area contributed by atoms with Crippen molar-refractivity contribution in [3.63, 3.8) is 0 Å². The molecule has 0 aliphatic heterocycles. The molecule has 0 aromatic heterocycles. The lowest BCUT2D eigenvalue weighted by molar-refractivity contribution is 0.0251. The van der Waals surface area contributed by atoms with Crippen LogP contribution in [0.4, 0.5) is 0 Å². The van der Waals surface area contributed by atoms with Gasteiger partial charge in [-0.05, 0) is 93.8 Å². The van der Waals surface area contributed by atoms with Crippen LogP contribution < -0.4 is 0 Å². The van der Waals surface area contributed by atoms with Crippen LogP contribution in [0.2, 0.25) is 0 Å². The Morgan fingerprint density at radius 1 is 0.821 bits per heavy atom. The van der Waals surface area contributed by atoms with Crippen molar-refractivity contribution in [1.29, 1.82) is 0 Å². The maximum atomic E-state index is 5.86. The molecular formula is C26H46O2. The lowest BCUT2D eigenvalue weighted by atomic mass is 9.70. The van der Waals surface area contributed by atoms with Crippen LogP contribution in [-0.4, -0.2) is 25.4 Å². The summed E-state index contributed by atoms with van der Waals surface area (Å²) < 4.78 is 11.7. The summed E-state index contributed by atoms with van der Waals surface area (Å²) in [6.45, 7) is 16.4. The molecule has 2 aliphatic carbocycles. The molecule has 2 nitrogen and oxygen atoms in total. The van der Waals surface area contributed by atoms with E-state index in [4.69, 9.17) is 9.47 Å². The molecule has 0 saturated heterocycles. The summed E-state index contributed by atoms with van der Waals surface area (Å²) in [6, 6.07) is 0. The van der Waals surface area contributed by atoms with E-state index in [1.165, 1.54) is 70.6 Å². The third-order valence-corrected chi connectivity index (χ3v) is 6.97. The first kappa shape index (κ1) is 23.7. The normalized spacial score (nSPS) is 30.0. The van der Waals surface area contributed by atoms with Crippen LogP contribution in [0.25, 0.3) is 0 Å². The molecule has 0 bridgehead atoms. The molecular weight excluding hydrogens is 344 g/mol. The first-order valence-electron chi connectivity index (χ1n) is 11.9. The highest BCUT2D eigenvalue weighted by molar-refractivity contribution is 4.82. The van der Waals surface area contributed by atoms with E-state index in [1.807, 2.05) is 12.2 Å². The molecule has 0 radical (unpaired) electrons. The predicted molar refractivity (Wildman–Crippen MR) is 121 cm³/mol. The maximum absolute atomic E-state index is 5.86. The second-order valence-electron chi connectivity index (χ2n) is 10.4. The predicted octanol–water partition coefficient (Wildman–Crippen LogP) is 7.34. The molecule has 0 aromatic carbocycles. The molecule has 0 aromatic rings. The number of hydrogen-bond donors (Lipinski definition) is 0. The summed E-state index contributed by atoms with van der Waals surface area (Å²) >= 11 is 0. The van der Waals surface area contributed by atoms with Gasteiger partial charge in [0.2, 0.25) is 0 Å². The topological polar surface area (TPSA) is 18.5 Å². The zero-order valence-electron chi connectivity index (χ0n) is 19.0. The summed E-state index contributed by atoms with van der Waals surface area (Å²) in [5, 5.41) is 0. The Morgan fingerprint density at radius 2 is 1.29 bits per heavy atom. The molecule has 0 heterocycles. The van der Waals surface area contributed by atoms with E-state index in [1.54, 1.807) is 0 Å². The van der Waals surface area contributed by atoms with Crippen LogP contribution >= 0.6 is 0 Å². The van der Waals surface area contributed by atoms with Gasteiger partial charge < -0.3 is 9.47 Å². The molecule has 1 atom stereocenters. The summed E-state index contributed by atoms with van der Waals surface area (Å²) in [5.41, 5.74) is 0.461. The van der Waals surface area contributed by atoms with E-state index in [-0.39, 0.29) is 0 Å². The van der Waals surface area contributed by atoms with E-state index in [2.05, 4.69) is 33.9 Å². The third kappa shape index (κ3) is 8.82. The lowest BCUT2D eigenvalue weighted by Crippen LogP contribution is -2.27. The molecule has 2 rings (SSSR count). The van der Waals surface area contributed by atoms with Crippen molar-refractivity contribution in [1.82, 2.24) is 0 Å². The van der Waals surface area contributed by atoms with Crippen molar-refractivity contribution in [3.05, 3.63) is 25.3 Å². The Morgan fingerprint density at radius 3 is 1.75 bits per heavy atom. The van der Waals surface area contributed by atoms with Crippen LogP contribution in [0, 0.1) is 23.2 Å². The smallest absolute Gasteiger partial charge is 0.0648 e. The molecule has 0 amide bonds. The molecule has 0 spiro atoms. The quantitative estimate of drug-likeness (QED) is 0.324. The van der Waals surface area contributed by atoms with Gasteiger partial charge in [0.05, 0.1) is 25.4 Å². The average Bonchev–Trinajstić information content (AvgIpc) is 2.66. The van der Waals surface area contributed by atoms with Crippen molar-refractivity contribution in [3.8, 4) is 0 Å². The molecule has 2 heteroatoms. The molecule has 2 aliphatic rings. The zero-order valence-corrected chi connectivity index (χ0v) is 19.0. The SMILES string of the molecule is C=CCOC1CCC(CC(C)CC(C)(C)CC2CCC(OCC=C)CC2)CC1. The Labute approximate surface area is 175 Å². The van der Waals surface area contributed by atoms with Crippen molar-refractivity contribution >= 4 is 0 Å². The van der Waals surface area contributed by atoms with Gasteiger partial charge in [-0.1, -0.05) is 32.9 Å². The van der Waals surface area contributed by atoms with Crippen molar-refractivity contribution in [2.45, 2.75) is 104 Å². The average molecular weight is 391 g/mol. The first-order valence-corrected chi connectivity index (χ1v) is 11.9. The molecule has 2 saturated carbocycles. The molecule has 2 fully saturated rings. The zero-order chi connectivity index (χ0) is 20.4. The summed E-state index contributed by atoms with van der Waals surface area (Å²) in [4.78, 5) is 0. The summed E-state index contributed by atoms with van der Waals surface area (Å²) in [5.74, 6) is 2.63. The summed E-state index contributed by atoms with van der Waals surface area (Å²) in [6.07, 6.45) is 19.2.